The molecule has 1 fully saturated rings. The van der Waals surface area contributed by atoms with Crippen LogP contribution in [0.4, 0.5) is 0 Å². The summed E-state index contributed by atoms with van der Waals surface area (Å²) in [4.78, 5) is 0. The molecule has 0 spiro atoms. The van der Waals surface area contributed by atoms with E-state index < -0.39 is 0 Å². The minimum absolute atomic E-state index is 0.636. The molecule has 2 aliphatic carbocycles. The van der Waals surface area contributed by atoms with Crippen LogP contribution in [0, 0.1) is 5.92 Å². The molecule has 0 bridgehead atoms. The van der Waals surface area contributed by atoms with Gasteiger partial charge in [0.25, 0.3) is 0 Å². The van der Waals surface area contributed by atoms with Crippen LogP contribution in [0.3, 0.4) is 0 Å². The van der Waals surface area contributed by atoms with Gasteiger partial charge in [0.2, 0.25) is 0 Å². The van der Waals surface area contributed by atoms with Crippen molar-refractivity contribution in [3.05, 3.63) is 23.3 Å². The van der Waals surface area contributed by atoms with E-state index in [2.05, 4.69) is 31.3 Å². The topological polar surface area (TPSA) is 12.0 Å². The molecule has 0 radical (unpaired) electrons. The zero-order chi connectivity index (χ0) is 15.6. The lowest BCUT2D eigenvalue weighted by molar-refractivity contribution is 0.357. The van der Waals surface area contributed by atoms with Crippen molar-refractivity contribution in [1.82, 2.24) is 5.32 Å². The Morgan fingerprint density at radius 3 is 2.59 bits per heavy atom. The summed E-state index contributed by atoms with van der Waals surface area (Å²) >= 11 is 0. The fourth-order valence-corrected chi connectivity index (χ4v) is 3.98. The fourth-order valence-electron chi connectivity index (χ4n) is 3.98. The summed E-state index contributed by atoms with van der Waals surface area (Å²) < 4.78 is 0. The second kappa shape index (κ2) is 10.3. The van der Waals surface area contributed by atoms with Crippen molar-refractivity contribution in [3.63, 3.8) is 0 Å². The van der Waals surface area contributed by atoms with Crippen LogP contribution < -0.4 is 5.32 Å². The molecule has 1 heteroatoms. The molecule has 22 heavy (non-hydrogen) atoms. The van der Waals surface area contributed by atoms with Crippen LogP contribution in [-0.4, -0.2) is 12.6 Å². The molecule has 0 heterocycles. The van der Waals surface area contributed by atoms with Crippen LogP contribution in [-0.2, 0) is 0 Å². The Morgan fingerprint density at radius 1 is 1.05 bits per heavy atom. The van der Waals surface area contributed by atoms with Gasteiger partial charge >= 0.3 is 0 Å². The van der Waals surface area contributed by atoms with Gasteiger partial charge in [-0.3, -0.25) is 0 Å². The van der Waals surface area contributed by atoms with E-state index in [9.17, 15) is 0 Å². The monoisotopic (exact) mass is 303 g/mol. The van der Waals surface area contributed by atoms with Gasteiger partial charge in [0, 0.05) is 6.04 Å². The number of hydrogen-bond acceptors (Lipinski definition) is 1. The molecule has 0 saturated heterocycles. The summed E-state index contributed by atoms with van der Waals surface area (Å²) in [5, 5.41) is 3.51. The molecule has 0 aromatic rings. The van der Waals surface area contributed by atoms with E-state index in [1.54, 1.807) is 11.1 Å². The third-order valence-corrected chi connectivity index (χ3v) is 5.33. The lowest BCUT2D eigenvalue weighted by Crippen LogP contribution is -2.23. The van der Waals surface area contributed by atoms with Crippen molar-refractivity contribution in [2.24, 2.45) is 5.92 Å². The molecule has 1 N–H and O–H groups in total. The summed E-state index contributed by atoms with van der Waals surface area (Å²) in [6.45, 7) is 5.65. The van der Waals surface area contributed by atoms with Gasteiger partial charge in [0.1, 0.15) is 0 Å². The van der Waals surface area contributed by atoms with Crippen molar-refractivity contribution in [2.45, 2.75) is 96.9 Å². The standard InChI is InChI=1S/C21H37N/c1-18(2)22-16-9-4-3-8-13-20-14-10-15-21(20)17-19-11-6-5-7-12-19/h10,15,18-19,22H,3-9,11-14,16-17H2,1-2H3. The normalized spacial score (nSPS) is 19.6. The number of unbranched alkanes of at least 4 members (excludes halogenated alkanes) is 3. The Balaban J connectivity index is 1.60. The lowest BCUT2D eigenvalue weighted by atomic mass is 9.84. The second-order valence-electron chi connectivity index (χ2n) is 7.72. The minimum atomic E-state index is 0.636. The molecular formula is C21H37N. The Bertz CT molecular complexity index is 358. The van der Waals surface area contributed by atoms with Gasteiger partial charge in [-0.25, -0.2) is 0 Å². The van der Waals surface area contributed by atoms with Gasteiger partial charge in [-0.05, 0) is 50.1 Å². The Labute approximate surface area is 138 Å². The predicted molar refractivity (Wildman–Crippen MR) is 98.2 cm³/mol. The molecular weight excluding hydrogens is 266 g/mol. The first kappa shape index (κ1) is 17.8. The van der Waals surface area contributed by atoms with E-state index in [1.165, 1.54) is 83.6 Å². The van der Waals surface area contributed by atoms with Crippen molar-refractivity contribution in [3.8, 4) is 0 Å². The van der Waals surface area contributed by atoms with Crippen LogP contribution in [0.5, 0.6) is 0 Å². The molecule has 1 nitrogen and oxygen atoms in total. The first-order valence-corrected chi connectivity index (χ1v) is 9.86. The molecule has 0 aromatic heterocycles. The maximum atomic E-state index is 3.51. The molecule has 1 saturated carbocycles. The average Bonchev–Trinajstić information content (AvgIpc) is 2.94. The maximum Gasteiger partial charge on any atom is 0.00103 e. The van der Waals surface area contributed by atoms with Gasteiger partial charge in [-0.15, -0.1) is 0 Å². The van der Waals surface area contributed by atoms with E-state index in [4.69, 9.17) is 0 Å². The zero-order valence-corrected chi connectivity index (χ0v) is 15.0. The molecule has 126 valence electrons. The highest BCUT2D eigenvalue weighted by atomic mass is 14.9. The van der Waals surface area contributed by atoms with Gasteiger partial charge < -0.3 is 5.32 Å². The highest BCUT2D eigenvalue weighted by Crippen LogP contribution is 2.34. The SMILES string of the molecule is CC(C)NCCCCCCC1=C(CC2CCCCC2)C=CC1. The lowest BCUT2D eigenvalue weighted by Gasteiger charge is -2.22. The molecule has 0 unspecified atom stereocenters. The minimum Gasteiger partial charge on any atom is -0.315 e. The Kier molecular flexibility index (Phi) is 8.30. The predicted octanol–water partition coefficient (Wildman–Crippen LogP) is 6.16. The van der Waals surface area contributed by atoms with Crippen LogP contribution in [0.1, 0.15) is 90.9 Å². The summed E-state index contributed by atoms with van der Waals surface area (Å²) in [5.74, 6) is 0.989. The fraction of sp³-hybridized carbons (Fsp3) is 0.810. The molecule has 2 rings (SSSR count). The van der Waals surface area contributed by atoms with E-state index in [-0.39, 0.29) is 0 Å². The van der Waals surface area contributed by atoms with Crippen molar-refractivity contribution in [1.29, 1.82) is 0 Å². The van der Waals surface area contributed by atoms with Crippen LogP contribution in [0.2, 0.25) is 0 Å². The van der Waals surface area contributed by atoms with E-state index in [0.717, 1.165) is 5.92 Å². The van der Waals surface area contributed by atoms with Crippen molar-refractivity contribution in [2.75, 3.05) is 6.54 Å². The van der Waals surface area contributed by atoms with E-state index in [1.807, 2.05) is 0 Å². The quantitative estimate of drug-likeness (QED) is 0.476. The highest BCUT2D eigenvalue weighted by molar-refractivity contribution is 5.34. The number of hydrogen-bond donors (Lipinski definition) is 1. The first-order chi connectivity index (χ1) is 10.8. The van der Waals surface area contributed by atoms with Crippen LogP contribution >= 0.6 is 0 Å². The summed E-state index contributed by atoms with van der Waals surface area (Å²) in [5.41, 5.74) is 3.49. The Hall–Kier alpha value is -0.560. The van der Waals surface area contributed by atoms with Crippen LogP contribution in [0.15, 0.2) is 23.3 Å². The molecule has 2 aliphatic rings. The Morgan fingerprint density at radius 2 is 1.82 bits per heavy atom. The molecule has 0 aromatic carbocycles. The summed E-state index contributed by atoms with van der Waals surface area (Å²) in [7, 11) is 0. The number of allylic oxidation sites excluding steroid dienone is 4. The number of rotatable bonds is 10. The van der Waals surface area contributed by atoms with Crippen LogP contribution in [0.25, 0.3) is 0 Å². The van der Waals surface area contributed by atoms with Crippen molar-refractivity contribution >= 4 is 0 Å². The summed E-state index contributed by atoms with van der Waals surface area (Å²) in [6, 6.07) is 0.636. The van der Waals surface area contributed by atoms with Gasteiger partial charge in [-0.2, -0.15) is 0 Å². The number of nitrogens with one attached hydrogen (secondary N) is 1. The smallest absolute Gasteiger partial charge is 0.00103 e. The van der Waals surface area contributed by atoms with Gasteiger partial charge in [0.15, 0.2) is 0 Å². The molecule has 0 atom stereocenters. The third kappa shape index (κ3) is 6.69. The zero-order valence-electron chi connectivity index (χ0n) is 15.0. The third-order valence-electron chi connectivity index (χ3n) is 5.33. The average molecular weight is 304 g/mol. The first-order valence-electron chi connectivity index (χ1n) is 9.86. The van der Waals surface area contributed by atoms with Gasteiger partial charge in [-0.1, -0.05) is 76.5 Å². The second-order valence-corrected chi connectivity index (χ2v) is 7.72. The van der Waals surface area contributed by atoms with E-state index in [0.29, 0.717) is 6.04 Å². The van der Waals surface area contributed by atoms with E-state index >= 15 is 0 Å². The summed E-state index contributed by atoms with van der Waals surface area (Å²) in [6.07, 6.45) is 21.7. The molecule has 0 aliphatic heterocycles. The van der Waals surface area contributed by atoms with Crippen molar-refractivity contribution < 1.29 is 0 Å². The molecule has 0 amide bonds. The maximum absolute atomic E-state index is 3.51. The largest absolute Gasteiger partial charge is 0.315 e. The highest BCUT2D eigenvalue weighted by Gasteiger charge is 2.17. The van der Waals surface area contributed by atoms with Gasteiger partial charge in [0.05, 0.1) is 0 Å².